The third-order valence-corrected chi connectivity index (χ3v) is 3.11. The third-order valence-electron chi connectivity index (χ3n) is 3.11. The Kier molecular flexibility index (Phi) is 5.56. The Hall–Kier alpha value is -1.34. The molecule has 0 saturated carbocycles. The maximum absolute atomic E-state index is 12.0. The lowest BCUT2D eigenvalue weighted by Gasteiger charge is -2.35. The molecule has 0 aromatic carbocycles. The molecule has 0 bridgehead atoms. The van der Waals surface area contributed by atoms with Crippen LogP contribution in [0.1, 0.15) is 26.7 Å². The van der Waals surface area contributed by atoms with E-state index in [-0.39, 0.29) is 18.6 Å². The lowest BCUT2D eigenvalue weighted by molar-refractivity contribution is -0.141. The molecule has 0 spiro atoms. The van der Waals surface area contributed by atoms with Crippen LogP contribution in [0, 0.1) is 0 Å². The number of carboxylic acids is 1. The van der Waals surface area contributed by atoms with E-state index < -0.39 is 18.0 Å². The summed E-state index contributed by atoms with van der Waals surface area (Å²) in [5.74, 6) is -1.10. The molecule has 0 aromatic heterocycles. The van der Waals surface area contributed by atoms with Crippen LogP contribution in [-0.2, 0) is 9.53 Å². The van der Waals surface area contributed by atoms with Crippen LogP contribution < -0.4 is 5.32 Å². The fourth-order valence-corrected chi connectivity index (χ4v) is 2.02. The number of nitrogens with zero attached hydrogens (tertiary/aromatic N) is 1. The fourth-order valence-electron chi connectivity index (χ4n) is 2.02. The van der Waals surface area contributed by atoms with Gasteiger partial charge in [0.15, 0.2) is 0 Å². The van der Waals surface area contributed by atoms with Gasteiger partial charge in [0, 0.05) is 13.1 Å². The molecular weight excluding hydrogens is 252 g/mol. The Morgan fingerprint density at radius 1 is 1.53 bits per heavy atom. The molecule has 0 radical (unpaired) electrons. The van der Waals surface area contributed by atoms with Crippen LogP contribution in [0.15, 0.2) is 0 Å². The van der Waals surface area contributed by atoms with Crippen molar-refractivity contribution in [3.8, 4) is 0 Å². The first-order valence-electron chi connectivity index (χ1n) is 6.42. The van der Waals surface area contributed by atoms with Crippen LogP contribution in [0.3, 0.4) is 0 Å². The molecule has 0 aliphatic carbocycles. The van der Waals surface area contributed by atoms with Crippen LogP contribution in [0.25, 0.3) is 0 Å². The number of hydrogen-bond donors (Lipinski definition) is 3. The van der Waals surface area contributed by atoms with Gasteiger partial charge in [-0.15, -0.1) is 0 Å². The second-order valence-corrected chi connectivity index (χ2v) is 5.06. The van der Waals surface area contributed by atoms with E-state index in [0.717, 1.165) is 6.42 Å². The second-order valence-electron chi connectivity index (χ2n) is 5.06. The highest BCUT2D eigenvalue weighted by Crippen LogP contribution is 2.12. The summed E-state index contributed by atoms with van der Waals surface area (Å²) in [6.45, 7) is 4.78. The summed E-state index contributed by atoms with van der Waals surface area (Å²) in [6, 6.07) is -0.265. The van der Waals surface area contributed by atoms with Gasteiger partial charge in [-0.1, -0.05) is 6.92 Å². The number of urea groups is 1. The maximum Gasteiger partial charge on any atom is 0.317 e. The molecule has 110 valence electrons. The van der Waals surface area contributed by atoms with Crippen molar-refractivity contribution in [3.63, 3.8) is 0 Å². The van der Waals surface area contributed by atoms with Gasteiger partial charge in [-0.25, -0.2) is 4.79 Å². The Bertz CT molecular complexity index is 332. The minimum Gasteiger partial charge on any atom is -0.481 e. The van der Waals surface area contributed by atoms with E-state index in [1.807, 2.05) is 6.92 Å². The molecule has 1 rings (SSSR count). The molecule has 1 saturated heterocycles. The highest BCUT2D eigenvalue weighted by atomic mass is 16.5. The van der Waals surface area contributed by atoms with Gasteiger partial charge >= 0.3 is 12.0 Å². The first-order valence-corrected chi connectivity index (χ1v) is 6.42. The quantitative estimate of drug-likeness (QED) is 0.657. The molecule has 1 heterocycles. The number of ether oxygens (including phenoxy) is 1. The minimum absolute atomic E-state index is 0.0261. The summed E-state index contributed by atoms with van der Waals surface area (Å²) in [7, 11) is 0. The van der Waals surface area contributed by atoms with Crippen molar-refractivity contribution in [2.24, 2.45) is 0 Å². The molecule has 2 amide bonds. The molecule has 2 unspecified atom stereocenters. The van der Waals surface area contributed by atoms with Crippen LogP contribution in [0.4, 0.5) is 4.79 Å². The number of aliphatic carboxylic acids is 1. The van der Waals surface area contributed by atoms with E-state index >= 15 is 0 Å². The normalized spacial score (nSPS) is 22.7. The Morgan fingerprint density at radius 2 is 2.21 bits per heavy atom. The maximum atomic E-state index is 12.0. The van der Waals surface area contributed by atoms with Gasteiger partial charge in [0.1, 0.15) is 0 Å². The fraction of sp³-hybridized carbons (Fsp3) is 0.833. The number of hydrogen-bond acceptors (Lipinski definition) is 4. The van der Waals surface area contributed by atoms with Gasteiger partial charge in [-0.2, -0.15) is 0 Å². The van der Waals surface area contributed by atoms with Gasteiger partial charge in [0.25, 0.3) is 0 Å². The van der Waals surface area contributed by atoms with Crippen molar-refractivity contribution >= 4 is 12.0 Å². The summed E-state index contributed by atoms with van der Waals surface area (Å²) in [5.41, 5.74) is -1.45. The Balaban J connectivity index is 2.47. The van der Waals surface area contributed by atoms with Crippen LogP contribution >= 0.6 is 0 Å². The number of carboxylic acid groups (broad SMARTS) is 1. The molecule has 0 aromatic rings. The van der Waals surface area contributed by atoms with E-state index in [2.05, 4.69) is 5.32 Å². The monoisotopic (exact) mass is 274 g/mol. The predicted molar refractivity (Wildman–Crippen MR) is 67.9 cm³/mol. The standard InChI is InChI=1S/C12H22N2O5/c1-3-9-7-19-5-4-14(9)11(17)13-8-12(2,18)6-10(15)16/h9,18H,3-8H2,1-2H3,(H,13,17)(H,15,16). The molecule has 3 N–H and O–H groups in total. The minimum atomic E-state index is -1.45. The molecule has 2 atom stereocenters. The number of rotatable bonds is 5. The van der Waals surface area contributed by atoms with E-state index in [4.69, 9.17) is 9.84 Å². The number of nitrogens with one attached hydrogen (secondary N) is 1. The van der Waals surface area contributed by atoms with Crippen molar-refractivity contribution in [2.45, 2.75) is 38.3 Å². The molecule has 7 nitrogen and oxygen atoms in total. The zero-order valence-electron chi connectivity index (χ0n) is 11.4. The SMILES string of the molecule is CCC1COCCN1C(=O)NCC(C)(O)CC(=O)O. The van der Waals surface area contributed by atoms with Gasteiger partial charge in [-0.05, 0) is 13.3 Å². The lowest BCUT2D eigenvalue weighted by Crippen LogP contribution is -2.54. The summed E-state index contributed by atoms with van der Waals surface area (Å²) in [6.07, 6.45) is 0.381. The number of carbonyl (C=O) groups is 2. The van der Waals surface area contributed by atoms with Crippen LogP contribution in [-0.4, -0.2) is 65.1 Å². The summed E-state index contributed by atoms with van der Waals surface area (Å²) in [5, 5.41) is 21.0. The van der Waals surface area contributed by atoms with Crippen molar-refractivity contribution in [1.82, 2.24) is 10.2 Å². The zero-order valence-corrected chi connectivity index (χ0v) is 11.4. The van der Waals surface area contributed by atoms with Crippen molar-refractivity contribution < 1.29 is 24.5 Å². The van der Waals surface area contributed by atoms with Crippen LogP contribution in [0.2, 0.25) is 0 Å². The molecule has 7 heteroatoms. The van der Waals surface area contributed by atoms with E-state index in [9.17, 15) is 14.7 Å². The highest BCUT2D eigenvalue weighted by Gasteiger charge is 2.29. The van der Waals surface area contributed by atoms with Gasteiger partial charge in [0.2, 0.25) is 0 Å². The molecular formula is C12H22N2O5. The van der Waals surface area contributed by atoms with Crippen molar-refractivity contribution in [2.75, 3.05) is 26.3 Å². The average Bonchev–Trinajstić information content (AvgIpc) is 2.34. The summed E-state index contributed by atoms with van der Waals surface area (Å²) < 4.78 is 5.30. The van der Waals surface area contributed by atoms with E-state index in [0.29, 0.717) is 19.8 Å². The predicted octanol–water partition coefficient (Wildman–Crippen LogP) is 0.0325. The number of aliphatic hydroxyl groups is 1. The van der Waals surface area contributed by atoms with E-state index in [1.54, 1.807) is 4.90 Å². The first-order chi connectivity index (χ1) is 8.85. The third kappa shape index (κ3) is 5.04. The topological polar surface area (TPSA) is 99.1 Å². The van der Waals surface area contributed by atoms with Gasteiger partial charge < -0.3 is 25.2 Å². The molecule has 19 heavy (non-hydrogen) atoms. The van der Waals surface area contributed by atoms with Crippen LogP contribution in [0.5, 0.6) is 0 Å². The second kappa shape index (κ2) is 6.72. The highest BCUT2D eigenvalue weighted by molar-refractivity contribution is 5.75. The summed E-state index contributed by atoms with van der Waals surface area (Å²) in [4.78, 5) is 24.2. The zero-order chi connectivity index (χ0) is 14.5. The molecule has 1 aliphatic heterocycles. The van der Waals surface area contributed by atoms with Gasteiger partial charge in [-0.3, -0.25) is 4.79 Å². The Morgan fingerprint density at radius 3 is 2.79 bits per heavy atom. The number of morpholine rings is 1. The largest absolute Gasteiger partial charge is 0.481 e. The van der Waals surface area contributed by atoms with Crippen molar-refractivity contribution in [1.29, 1.82) is 0 Å². The molecule has 1 aliphatic rings. The number of amides is 2. The van der Waals surface area contributed by atoms with Gasteiger partial charge in [0.05, 0.1) is 31.3 Å². The Labute approximate surface area is 112 Å². The molecule has 1 fully saturated rings. The summed E-state index contributed by atoms with van der Waals surface area (Å²) >= 11 is 0. The number of carbonyl (C=O) groups excluding carboxylic acids is 1. The first kappa shape index (κ1) is 15.7. The van der Waals surface area contributed by atoms with Crippen molar-refractivity contribution in [3.05, 3.63) is 0 Å². The smallest absolute Gasteiger partial charge is 0.317 e. The average molecular weight is 274 g/mol. The lowest BCUT2D eigenvalue weighted by atomic mass is 10.0. The van der Waals surface area contributed by atoms with E-state index in [1.165, 1.54) is 6.92 Å².